The Morgan fingerprint density at radius 3 is 2.22 bits per heavy atom. The predicted octanol–water partition coefficient (Wildman–Crippen LogP) is 6.22. The fourth-order valence-corrected chi connectivity index (χ4v) is 4.98. The zero-order chi connectivity index (χ0) is 22.2. The van der Waals surface area contributed by atoms with Crippen LogP contribution in [0.15, 0.2) is 97.1 Å². The molecule has 2 unspecified atom stereocenters. The maximum absolute atomic E-state index is 13.6. The Morgan fingerprint density at radius 2 is 1.56 bits per heavy atom. The van der Waals surface area contributed by atoms with E-state index in [1.165, 1.54) is 12.1 Å². The molecule has 0 N–H and O–H groups in total. The van der Waals surface area contributed by atoms with Crippen LogP contribution in [0, 0.1) is 9.39 Å². The quantitative estimate of drug-likeness (QED) is 0.177. The minimum absolute atomic E-state index is 0.306. The van der Waals surface area contributed by atoms with Crippen molar-refractivity contribution in [3.05, 3.63) is 118 Å². The molecule has 0 saturated carbocycles. The summed E-state index contributed by atoms with van der Waals surface area (Å²) in [6.07, 6.45) is -0.603. The number of aromatic nitrogens is 2. The van der Waals surface area contributed by atoms with Gasteiger partial charge in [-0.2, -0.15) is 5.10 Å². The van der Waals surface area contributed by atoms with Gasteiger partial charge in [0.15, 0.2) is 6.10 Å². The Morgan fingerprint density at radius 1 is 0.938 bits per heavy atom. The molecule has 2 atom stereocenters. The number of carbonyl (C=O) groups excluding carboxylic acids is 1. The highest BCUT2D eigenvalue weighted by Crippen LogP contribution is 2.47. The molecule has 4 nitrogen and oxygen atoms in total. The number of benzene rings is 3. The molecule has 158 valence electrons. The van der Waals surface area contributed by atoms with E-state index in [1.807, 2.05) is 65.3 Å². The van der Waals surface area contributed by atoms with Crippen molar-refractivity contribution in [3.8, 4) is 16.9 Å². The van der Waals surface area contributed by atoms with Crippen molar-refractivity contribution in [1.82, 2.24) is 9.78 Å². The fraction of sp³-hybridized carbons (Fsp3) is 0.0769. The number of cyclic esters (lactones) is 1. The smallest absolute Gasteiger partial charge is 0.334 e. The Hall–Kier alpha value is -3.26. The maximum Gasteiger partial charge on any atom is 0.334 e. The molecule has 32 heavy (non-hydrogen) atoms. The second-order valence-corrected chi connectivity index (χ2v) is 8.62. The largest absolute Gasteiger partial charge is 0.451 e. The lowest BCUT2D eigenvalue weighted by Crippen LogP contribution is -2.09. The van der Waals surface area contributed by atoms with Gasteiger partial charge in [0.05, 0.1) is 20.9 Å². The van der Waals surface area contributed by atoms with Crippen molar-refractivity contribution in [2.24, 2.45) is 0 Å². The van der Waals surface area contributed by atoms with Gasteiger partial charge >= 0.3 is 5.97 Å². The number of rotatable bonds is 4. The third-order valence-corrected chi connectivity index (χ3v) is 6.64. The number of ether oxygens (including phenoxy) is 1. The molecule has 0 aliphatic carbocycles. The van der Waals surface area contributed by atoms with Crippen molar-refractivity contribution < 1.29 is 13.9 Å². The minimum atomic E-state index is -0.603. The lowest BCUT2D eigenvalue weighted by Gasteiger charge is -2.16. The average molecular weight is 536 g/mol. The van der Waals surface area contributed by atoms with Crippen molar-refractivity contribution in [2.45, 2.75) is 12.0 Å². The third kappa shape index (κ3) is 3.54. The zero-order valence-corrected chi connectivity index (χ0v) is 19.1. The molecule has 0 spiro atoms. The van der Waals surface area contributed by atoms with E-state index in [1.54, 1.807) is 12.1 Å². The van der Waals surface area contributed by atoms with Crippen LogP contribution < -0.4 is 0 Å². The molecular formula is C26H18FIN2O2. The van der Waals surface area contributed by atoms with E-state index in [9.17, 15) is 9.18 Å². The summed E-state index contributed by atoms with van der Waals surface area (Å²) in [7, 11) is 0. The Bertz CT molecular complexity index is 1300. The maximum atomic E-state index is 13.6. The van der Waals surface area contributed by atoms with Crippen molar-refractivity contribution in [2.75, 3.05) is 0 Å². The van der Waals surface area contributed by atoms with Crippen LogP contribution >= 0.6 is 22.6 Å². The molecule has 0 bridgehead atoms. The Kier molecular flexibility index (Phi) is 5.38. The number of esters is 1. The van der Waals surface area contributed by atoms with Crippen LogP contribution in [0.2, 0.25) is 0 Å². The van der Waals surface area contributed by atoms with E-state index < -0.39 is 12.1 Å². The average Bonchev–Trinajstić information content (AvgIpc) is 3.31. The summed E-state index contributed by atoms with van der Waals surface area (Å²) in [5.74, 6) is -1.06. The van der Waals surface area contributed by atoms with Gasteiger partial charge in [-0.1, -0.05) is 55.1 Å². The first-order chi connectivity index (χ1) is 15.5. The standard InChI is InChI=1S/C26H18FIN2O2/c1-16-21(17-8-4-2-5-9-17)25(32-26(16)31)23-22(28)24(18-12-14-19(27)15-13-18)30(29-23)20-10-6-3-7-11-20/h2-15,21,25H,1H2. The number of hydrogen-bond acceptors (Lipinski definition) is 3. The van der Waals surface area contributed by atoms with Crippen LogP contribution in [0.1, 0.15) is 23.3 Å². The number of nitrogens with zero attached hydrogens (tertiary/aromatic N) is 2. The molecule has 0 amide bonds. The van der Waals surface area contributed by atoms with Gasteiger partial charge in [0.1, 0.15) is 11.5 Å². The molecule has 1 aliphatic heterocycles. The fourth-order valence-electron chi connectivity index (χ4n) is 4.03. The first-order valence-electron chi connectivity index (χ1n) is 10.1. The predicted molar refractivity (Wildman–Crippen MR) is 129 cm³/mol. The lowest BCUT2D eigenvalue weighted by atomic mass is 9.88. The normalized spacial score (nSPS) is 18.1. The number of hydrogen-bond donors (Lipinski definition) is 0. The van der Waals surface area contributed by atoms with Crippen molar-refractivity contribution >= 4 is 28.6 Å². The van der Waals surface area contributed by atoms with Crippen LogP contribution in [-0.2, 0) is 9.53 Å². The van der Waals surface area contributed by atoms with Gasteiger partial charge in [-0.3, -0.25) is 0 Å². The van der Waals surface area contributed by atoms with E-state index >= 15 is 0 Å². The van der Waals surface area contributed by atoms with E-state index in [2.05, 4.69) is 29.2 Å². The number of halogens is 2. The second-order valence-electron chi connectivity index (χ2n) is 7.54. The lowest BCUT2D eigenvalue weighted by molar-refractivity contribution is -0.139. The number of carbonyl (C=O) groups is 1. The zero-order valence-electron chi connectivity index (χ0n) is 16.9. The van der Waals surface area contributed by atoms with Crippen LogP contribution in [0.3, 0.4) is 0 Å². The molecule has 0 radical (unpaired) electrons. The highest BCUT2D eigenvalue weighted by Gasteiger charge is 2.43. The minimum Gasteiger partial charge on any atom is -0.451 e. The monoisotopic (exact) mass is 536 g/mol. The van der Waals surface area contributed by atoms with Gasteiger partial charge in [0, 0.05) is 11.1 Å². The molecule has 1 aliphatic rings. The molecule has 5 rings (SSSR count). The van der Waals surface area contributed by atoms with Gasteiger partial charge in [-0.15, -0.1) is 0 Å². The number of para-hydroxylation sites is 1. The molecule has 2 heterocycles. The van der Waals surface area contributed by atoms with Crippen LogP contribution in [0.4, 0.5) is 4.39 Å². The third-order valence-electron chi connectivity index (χ3n) is 5.57. The molecule has 4 aromatic rings. The molecule has 6 heteroatoms. The van der Waals surface area contributed by atoms with Crippen LogP contribution in [0.25, 0.3) is 16.9 Å². The van der Waals surface area contributed by atoms with E-state index in [0.29, 0.717) is 11.3 Å². The molecule has 1 aromatic heterocycles. The summed E-state index contributed by atoms with van der Waals surface area (Å²) >= 11 is 2.24. The van der Waals surface area contributed by atoms with Gasteiger partial charge in [-0.25, -0.2) is 13.9 Å². The Labute approximate surface area is 198 Å². The Balaban J connectivity index is 1.70. The first kappa shape index (κ1) is 20.6. The van der Waals surface area contributed by atoms with Gasteiger partial charge in [0.2, 0.25) is 0 Å². The summed E-state index contributed by atoms with van der Waals surface area (Å²) in [4.78, 5) is 12.5. The molecule has 1 saturated heterocycles. The summed E-state index contributed by atoms with van der Waals surface area (Å²) in [6.45, 7) is 4.00. The second kappa shape index (κ2) is 8.35. The van der Waals surface area contributed by atoms with E-state index in [4.69, 9.17) is 9.84 Å². The first-order valence-corrected chi connectivity index (χ1v) is 11.2. The van der Waals surface area contributed by atoms with Crippen molar-refractivity contribution in [1.29, 1.82) is 0 Å². The molecule has 3 aromatic carbocycles. The van der Waals surface area contributed by atoms with Crippen LogP contribution in [0.5, 0.6) is 0 Å². The van der Waals surface area contributed by atoms with Gasteiger partial charge in [-0.05, 0) is 64.6 Å². The van der Waals surface area contributed by atoms with Gasteiger partial charge < -0.3 is 4.74 Å². The summed E-state index contributed by atoms with van der Waals surface area (Å²) in [5.41, 5.74) is 4.49. The highest BCUT2D eigenvalue weighted by molar-refractivity contribution is 14.1. The van der Waals surface area contributed by atoms with Gasteiger partial charge in [0.25, 0.3) is 0 Å². The molecular weight excluding hydrogens is 518 g/mol. The summed E-state index contributed by atoms with van der Waals surface area (Å²) < 4.78 is 22.1. The van der Waals surface area contributed by atoms with Crippen molar-refractivity contribution in [3.63, 3.8) is 0 Å². The van der Waals surface area contributed by atoms with E-state index in [0.717, 1.165) is 26.1 Å². The van der Waals surface area contributed by atoms with Crippen LogP contribution in [-0.4, -0.2) is 15.7 Å². The topological polar surface area (TPSA) is 44.1 Å². The SMILES string of the molecule is C=C1C(=O)OC(c2nn(-c3ccccc3)c(-c3ccc(F)cc3)c2I)C1c1ccccc1. The molecule has 1 fully saturated rings. The summed E-state index contributed by atoms with van der Waals surface area (Å²) in [6, 6.07) is 25.7. The highest BCUT2D eigenvalue weighted by atomic mass is 127. The van der Waals surface area contributed by atoms with E-state index in [-0.39, 0.29) is 11.7 Å². The summed E-state index contributed by atoms with van der Waals surface area (Å²) in [5, 5.41) is 4.90.